The van der Waals surface area contributed by atoms with Crippen molar-refractivity contribution < 1.29 is 9.59 Å². The molecule has 1 fully saturated rings. The number of hydrogen-bond donors (Lipinski definition) is 4. The van der Waals surface area contributed by atoms with Crippen molar-refractivity contribution in [3.63, 3.8) is 0 Å². The van der Waals surface area contributed by atoms with E-state index in [1.165, 1.54) is 25.7 Å². The van der Waals surface area contributed by atoms with Crippen LogP contribution in [0.15, 0.2) is 0 Å². The van der Waals surface area contributed by atoms with Gasteiger partial charge in [-0.2, -0.15) is 0 Å². The lowest BCUT2D eigenvalue weighted by molar-refractivity contribution is 0.191. The van der Waals surface area contributed by atoms with E-state index in [0.717, 1.165) is 5.92 Å². The summed E-state index contributed by atoms with van der Waals surface area (Å²) < 4.78 is 0. The highest BCUT2D eigenvalue weighted by Crippen LogP contribution is 2.37. The van der Waals surface area contributed by atoms with Crippen LogP contribution in [0, 0.1) is 11.3 Å². The van der Waals surface area contributed by atoms with Gasteiger partial charge in [0, 0.05) is 0 Å². The van der Waals surface area contributed by atoms with Gasteiger partial charge in [-0.25, -0.2) is 9.59 Å². The number of primary amides is 4. The minimum absolute atomic E-state index is 0.650. The third-order valence-corrected chi connectivity index (χ3v) is 2.45. The first-order valence-corrected chi connectivity index (χ1v) is 5.66. The molecule has 1 aliphatic rings. The van der Waals surface area contributed by atoms with E-state index in [1.54, 1.807) is 0 Å². The molecule has 0 aliphatic heterocycles. The lowest BCUT2D eigenvalue weighted by Gasteiger charge is -2.33. The van der Waals surface area contributed by atoms with Gasteiger partial charge in [-0.15, -0.1) is 0 Å². The van der Waals surface area contributed by atoms with E-state index in [2.05, 4.69) is 43.7 Å². The average Bonchev–Trinajstić information content (AvgIpc) is 1.97. The van der Waals surface area contributed by atoms with Crippen LogP contribution in [0.3, 0.4) is 0 Å². The van der Waals surface area contributed by atoms with Crippen molar-refractivity contribution in [1.29, 1.82) is 0 Å². The second kappa shape index (κ2) is 8.66. The fraction of sp³-hybridized carbons (Fsp3) is 0.818. The van der Waals surface area contributed by atoms with E-state index in [4.69, 9.17) is 9.59 Å². The van der Waals surface area contributed by atoms with Crippen LogP contribution in [0.1, 0.15) is 46.5 Å². The molecule has 4 amide bonds. The van der Waals surface area contributed by atoms with Crippen molar-refractivity contribution in [2.45, 2.75) is 46.5 Å². The Balaban J connectivity index is 0. The number of amides is 4. The molecule has 1 rings (SSSR count). The monoisotopic (exact) mass is 246 g/mol. The molecule has 0 aromatic heterocycles. The van der Waals surface area contributed by atoms with Crippen molar-refractivity contribution in [3.8, 4) is 0 Å². The van der Waals surface area contributed by atoms with Crippen molar-refractivity contribution in [2.24, 2.45) is 34.3 Å². The summed E-state index contributed by atoms with van der Waals surface area (Å²) in [4.78, 5) is 18.0. The molecule has 1 unspecified atom stereocenters. The number of hydrogen-bond acceptors (Lipinski definition) is 2. The number of carbonyl (C=O) groups is 2. The van der Waals surface area contributed by atoms with Gasteiger partial charge in [0.05, 0.1) is 0 Å². The number of rotatable bonds is 0. The van der Waals surface area contributed by atoms with E-state index in [-0.39, 0.29) is 0 Å². The molecule has 0 spiro atoms. The number of carbonyl (C=O) groups excluding carboxylic acids is 2. The molecule has 0 heterocycles. The van der Waals surface area contributed by atoms with Gasteiger partial charge >= 0.3 is 12.1 Å². The molecule has 17 heavy (non-hydrogen) atoms. The van der Waals surface area contributed by atoms with Gasteiger partial charge in [-0.1, -0.05) is 33.6 Å². The van der Waals surface area contributed by atoms with Crippen LogP contribution in [0.5, 0.6) is 0 Å². The maximum Gasteiger partial charge on any atom is 0.309 e. The standard InChI is InChI=1S/C9H18.2CH4N2O/c1-8-5-4-6-9(2,3)7-8;2*2-1(3)4/h8H,4-7H2,1-3H3;2*(H4,2,3,4). The summed E-state index contributed by atoms with van der Waals surface area (Å²) in [5.74, 6) is 0.980. The molecule has 102 valence electrons. The Kier molecular flexibility index (Phi) is 9.13. The summed E-state index contributed by atoms with van der Waals surface area (Å²) in [5, 5.41) is 0. The fourth-order valence-corrected chi connectivity index (χ4v) is 2.08. The Morgan fingerprint density at radius 3 is 1.59 bits per heavy atom. The Morgan fingerprint density at radius 2 is 1.41 bits per heavy atom. The SMILES string of the molecule is CC1CCCC(C)(C)C1.NC(N)=O.NC(N)=O. The van der Waals surface area contributed by atoms with E-state index >= 15 is 0 Å². The van der Waals surface area contributed by atoms with Crippen LogP contribution in [-0.4, -0.2) is 12.1 Å². The number of nitrogens with two attached hydrogens (primary N) is 4. The van der Waals surface area contributed by atoms with E-state index in [1.807, 2.05) is 0 Å². The normalized spacial score (nSPS) is 21.0. The second-order valence-electron chi connectivity index (χ2n) is 5.17. The summed E-state index contributed by atoms with van der Waals surface area (Å²) in [6, 6.07) is -1.67. The molecule has 1 saturated carbocycles. The molecule has 1 atom stereocenters. The Labute approximate surface area is 103 Å². The van der Waals surface area contributed by atoms with Crippen LogP contribution in [0.25, 0.3) is 0 Å². The predicted molar refractivity (Wildman–Crippen MR) is 69.0 cm³/mol. The van der Waals surface area contributed by atoms with Gasteiger partial charge < -0.3 is 22.9 Å². The van der Waals surface area contributed by atoms with E-state index in [0.29, 0.717) is 5.41 Å². The van der Waals surface area contributed by atoms with Gasteiger partial charge in [0.2, 0.25) is 0 Å². The zero-order chi connectivity index (χ0) is 14.1. The largest absolute Gasteiger partial charge is 0.352 e. The highest BCUT2D eigenvalue weighted by Gasteiger charge is 2.24. The first-order chi connectivity index (χ1) is 7.57. The van der Waals surface area contributed by atoms with Crippen molar-refractivity contribution in [3.05, 3.63) is 0 Å². The van der Waals surface area contributed by atoms with Crippen LogP contribution in [0.4, 0.5) is 9.59 Å². The highest BCUT2D eigenvalue weighted by molar-refractivity contribution is 5.69. The van der Waals surface area contributed by atoms with Gasteiger partial charge in [-0.05, 0) is 24.2 Å². The molecule has 0 bridgehead atoms. The van der Waals surface area contributed by atoms with Gasteiger partial charge in [0.15, 0.2) is 0 Å². The second-order valence-corrected chi connectivity index (χ2v) is 5.17. The van der Waals surface area contributed by atoms with Gasteiger partial charge in [0.25, 0.3) is 0 Å². The van der Waals surface area contributed by atoms with E-state index in [9.17, 15) is 0 Å². The molecule has 0 saturated heterocycles. The minimum Gasteiger partial charge on any atom is -0.352 e. The third kappa shape index (κ3) is 20.6. The van der Waals surface area contributed by atoms with Crippen LogP contribution in [-0.2, 0) is 0 Å². The predicted octanol–water partition coefficient (Wildman–Crippen LogP) is 1.27. The molecule has 8 N–H and O–H groups in total. The Bertz CT molecular complexity index is 222. The Hall–Kier alpha value is -1.46. The fourth-order valence-electron chi connectivity index (χ4n) is 2.08. The lowest BCUT2D eigenvalue weighted by Crippen LogP contribution is -2.20. The zero-order valence-electron chi connectivity index (χ0n) is 11.0. The van der Waals surface area contributed by atoms with E-state index < -0.39 is 12.1 Å². The van der Waals surface area contributed by atoms with Crippen LogP contribution >= 0.6 is 0 Å². The topological polar surface area (TPSA) is 138 Å². The molecule has 1 aliphatic carbocycles. The smallest absolute Gasteiger partial charge is 0.309 e. The Morgan fingerprint density at radius 1 is 1.06 bits per heavy atom. The molecule has 0 aromatic rings. The maximum atomic E-state index is 9.00. The summed E-state index contributed by atoms with van der Waals surface area (Å²) in [6.45, 7) is 7.16. The first-order valence-electron chi connectivity index (χ1n) is 5.66. The van der Waals surface area contributed by atoms with Crippen LogP contribution < -0.4 is 22.9 Å². The van der Waals surface area contributed by atoms with Crippen molar-refractivity contribution >= 4 is 12.1 Å². The summed E-state index contributed by atoms with van der Waals surface area (Å²) >= 11 is 0. The average molecular weight is 246 g/mol. The maximum absolute atomic E-state index is 9.00. The summed E-state index contributed by atoms with van der Waals surface area (Å²) in [5.41, 5.74) is 17.7. The summed E-state index contributed by atoms with van der Waals surface area (Å²) in [6.07, 6.45) is 5.79. The third-order valence-electron chi connectivity index (χ3n) is 2.45. The molecular weight excluding hydrogens is 220 g/mol. The highest BCUT2D eigenvalue weighted by atomic mass is 16.2. The molecule has 6 nitrogen and oxygen atoms in total. The number of urea groups is 2. The molecular formula is C11H26N4O2. The summed E-state index contributed by atoms with van der Waals surface area (Å²) in [7, 11) is 0. The first kappa shape index (κ1) is 17.9. The van der Waals surface area contributed by atoms with Gasteiger partial charge in [0.1, 0.15) is 0 Å². The minimum atomic E-state index is -0.833. The zero-order valence-corrected chi connectivity index (χ0v) is 11.0. The van der Waals surface area contributed by atoms with Crippen molar-refractivity contribution in [2.75, 3.05) is 0 Å². The van der Waals surface area contributed by atoms with Gasteiger partial charge in [-0.3, -0.25) is 0 Å². The molecule has 0 aromatic carbocycles. The lowest BCUT2D eigenvalue weighted by atomic mass is 9.73. The van der Waals surface area contributed by atoms with Crippen molar-refractivity contribution in [1.82, 2.24) is 0 Å². The quantitative estimate of drug-likeness (QED) is 0.511. The van der Waals surface area contributed by atoms with Crippen LogP contribution in [0.2, 0.25) is 0 Å². The molecule has 6 heteroatoms. The molecule has 0 radical (unpaired) electrons.